The van der Waals surface area contributed by atoms with Crippen LogP contribution in [0, 0.1) is 0 Å². The van der Waals surface area contributed by atoms with Gasteiger partial charge in [-0.15, -0.1) is 0 Å². The summed E-state index contributed by atoms with van der Waals surface area (Å²) in [6.07, 6.45) is 1.64. The number of rotatable bonds is 4. The second-order valence-electron chi connectivity index (χ2n) is 2.90. The average molecular weight is 234 g/mol. The van der Waals surface area contributed by atoms with Gasteiger partial charge in [-0.25, -0.2) is 0 Å². The van der Waals surface area contributed by atoms with Crippen molar-refractivity contribution >= 4 is 13.7 Å². The Labute approximate surface area is 112 Å². The van der Waals surface area contributed by atoms with Crippen LogP contribution in [0.2, 0.25) is 0 Å². The second kappa shape index (κ2) is 6.64. The van der Waals surface area contributed by atoms with E-state index >= 15 is 0 Å². The zero-order valence-corrected chi connectivity index (χ0v) is 11.9. The molecule has 0 aliphatic heterocycles. The van der Waals surface area contributed by atoms with Gasteiger partial charge in [-0.05, 0) is 11.1 Å². The van der Waals surface area contributed by atoms with Crippen LogP contribution in [0.5, 0.6) is 0 Å². The molecule has 0 saturated heterocycles. The summed E-state index contributed by atoms with van der Waals surface area (Å²) >= 11 is 0. The average Bonchev–Trinajstić information content (AvgIpc) is 2.19. The fraction of sp³-hybridized carbons (Fsp3) is 0.200. The summed E-state index contributed by atoms with van der Waals surface area (Å²) < 4.78 is 15.5. The molecule has 0 spiro atoms. The van der Waals surface area contributed by atoms with E-state index in [1.54, 1.807) is 18.2 Å². The molecule has 0 N–H and O–H groups in total. The Bertz CT molecular complexity index is 361. The molecule has 1 aromatic carbocycles. The third-order valence-corrected chi connectivity index (χ3v) is 3.18. The predicted molar refractivity (Wildman–Crippen MR) is 54.9 cm³/mol. The smallest absolute Gasteiger partial charge is 0.778 e. The Kier molecular flexibility index (Phi) is 6.69. The van der Waals surface area contributed by atoms with Gasteiger partial charge >= 0.3 is 29.6 Å². The maximum atomic E-state index is 11.1. The first-order valence-electron chi connectivity index (χ1n) is 4.14. The zero-order chi connectivity index (χ0) is 10.6. The molecule has 5 heteroatoms. The normalized spacial score (nSPS) is 13.7. The predicted octanol–water partition coefficient (Wildman–Crippen LogP) is -0.967. The van der Waals surface area contributed by atoms with Gasteiger partial charge in [0.25, 0.3) is 0 Å². The van der Waals surface area contributed by atoms with Crippen molar-refractivity contribution in [2.75, 3.05) is 7.11 Å². The van der Waals surface area contributed by atoms with E-state index in [1.807, 2.05) is 12.1 Å². The summed E-state index contributed by atoms with van der Waals surface area (Å²) in [7, 11) is -2.52. The molecule has 1 aromatic rings. The van der Waals surface area contributed by atoms with Crippen LogP contribution < -0.4 is 34.5 Å². The minimum atomic E-state index is -3.69. The van der Waals surface area contributed by atoms with Crippen LogP contribution in [0.15, 0.2) is 30.8 Å². The van der Waals surface area contributed by atoms with Gasteiger partial charge in [-0.1, -0.05) is 36.9 Å². The summed E-state index contributed by atoms with van der Waals surface area (Å²) in [6, 6.07) is 7.14. The van der Waals surface area contributed by atoms with Crippen LogP contribution >= 0.6 is 7.60 Å². The number of hydrogen-bond acceptors (Lipinski definition) is 3. The van der Waals surface area contributed by atoms with Gasteiger partial charge in [0, 0.05) is 13.3 Å². The van der Waals surface area contributed by atoms with Crippen molar-refractivity contribution in [1.29, 1.82) is 0 Å². The Morgan fingerprint density at radius 2 is 2.00 bits per heavy atom. The molecule has 3 nitrogen and oxygen atoms in total. The van der Waals surface area contributed by atoms with E-state index < -0.39 is 7.60 Å². The van der Waals surface area contributed by atoms with Crippen molar-refractivity contribution in [3.05, 3.63) is 42.0 Å². The first kappa shape index (κ1) is 15.1. The summed E-state index contributed by atoms with van der Waals surface area (Å²) in [5.41, 5.74) is 1.68. The van der Waals surface area contributed by atoms with Crippen LogP contribution in [-0.2, 0) is 15.3 Å². The first-order chi connectivity index (χ1) is 6.57. The van der Waals surface area contributed by atoms with Crippen molar-refractivity contribution in [2.24, 2.45) is 0 Å². The van der Waals surface area contributed by atoms with Crippen LogP contribution in [0.25, 0.3) is 6.08 Å². The van der Waals surface area contributed by atoms with E-state index in [-0.39, 0.29) is 35.7 Å². The van der Waals surface area contributed by atoms with Crippen LogP contribution in [0.4, 0.5) is 0 Å². The monoisotopic (exact) mass is 234 g/mol. The van der Waals surface area contributed by atoms with E-state index in [1.165, 1.54) is 7.11 Å². The number of benzene rings is 1. The van der Waals surface area contributed by atoms with Crippen molar-refractivity contribution in [2.45, 2.75) is 6.16 Å². The van der Waals surface area contributed by atoms with Crippen LogP contribution in [-0.4, -0.2) is 7.11 Å². The van der Waals surface area contributed by atoms with Crippen molar-refractivity contribution in [3.63, 3.8) is 0 Å². The zero-order valence-electron chi connectivity index (χ0n) is 8.97. The second-order valence-corrected chi connectivity index (χ2v) is 4.80. The molecule has 1 unspecified atom stereocenters. The molecule has 0 radical (unpaired) electrons. The van der Waals surface area contributed by atoms with Crippen molar-refractivity contribution in [1.82, 2.24) is 0 Å². The molecule has 0 amide bonds. The quantitative estimate of drug-likeness (QED) is 0.497. The van der Waals surface area contributed by atoms with Gasteiger partial charge < -0.3 is 14.0 Å². The van der Waals surface area contributed by atoms with Crippen molar-refractivity contribution < 1.29 is 43.5 Å². The fourth-order valence-corrected chi connectivity index (χ4v) is 1.83. The summed E-state index contributed by atoms with van der Waals surface area (Å²) in [5, 5.41) is 0. The van der Waals surface area contributed by atoms with E-state index in [0.717, 1.165) is 11.1 Å². The molecule has 15 heavy (non-hydrogen) atoms. The van der Waals surface area contributed by atoms with Gasteiger partial charge in [-0.3, -0.25) is 0 Å². The Morgan fingerprint density at radius 3 is 2.40 bits per heavy atom. The molecule has 1 atom stereocenters. The standard InChI is InChI=1S/C10H13O3P.Na/c1-3-9-4-6-10(7-5-9)8-14(11,12)13-2;/h3-7H,1,8H2,2H3,(H,11,12);/q;+1/p-1. The topological polar surface area (TPSA) is 49.4 Å². The summed E-state index contributed by atoms with van der Waals surface area (Å²) in [4.78, 5) is 11.1. The maximum Gasteiger partial charge on any atom is 1.00 e. The van der Waals surface area contributed by atoms with E-state index in [4.69, 9.17) is 0 Å². The van der Waals surface area contributed by atoms with Crippen LogP contribution in [0.3, 0.4) is 0 Å². The van der Waals surface area contributed by atoms with Gasteiger partial charge in [0.15, 0.2) is 0 Å². The van der Waals surface area contributed by atoms with E-state index in [2.05, 4.69) is 11.1 Å². The van der Waals surface area contributed by atoms with Gasteiger partial charge in [0.1, 0.15) is 7.60 Å². The van der Waals surface area contributed by atoms with Gasteiger partial charge in [-0.2, -0.15) is 0 Å². The first-order valence-corrected chi connectivity index (χ1v) is 5.87. The molecular weight excluding hydrogens is 222 g/mol. The Morgan fingerprint density at radius 1 is 1.47 bits per heavy atom. The molecule has 0 aliphatic rings. The maximum absolute atomic E-state index is 11.1. The molecular formula is C10H12NaO3P. The van der Waals surface area contributed by atoms with Gasteiger partial charge in [0.2, 0.25) is 0 Å². The SMILES string of the molecule is C=Cc1ccc(CP(=O)([O-])OC)cc1.[Na+]. The van der Waals surface area contributed by atoms with Crippen LogP contribution in [0.1, 0.15) is 11.1 Å². The third-order valence-electron chi connectivity index (χ3n) is 1.87. The van der Waals surface area contributed by atoms with E-state index in [0.29, 0.717) is 0 Å². The minimum absolute atomic E-state index is 0. The molecule has 0 heterocycles. The Balaban J connectivity index is 0.00000196. The molecule has 0 bridgehead atoms. The molecule has 0 fully saturated rings. The Hall–Kier alpha value is 0.110. The largest absolute Gasteiger partial charge is 1.00 e. The van der Waals surface area contributed by atoms with Gasteiger partial charge in [0.05, 0.1) is 0 Å². The third kappa shape index (κ3) is 5.12. The molecule has 76 valence electrons. The fourth-order valence-electron chi connectivity index (χ4n) is 1.05. The van der Waals surface area contributed by atoms with Crippen molar-refractivity contribution in [3.8, 4) is 0 Å². The summed E-state index contributed by atoms with van der Waals surface area (Å²) in [5.74, 6) is 0. The minimum Gasteiger partial charge on any atom is -0.778 e. The molecule has 0 aromatic heterocycles. The molecule has 1 rings (SSSR count). The number of hydrogen-bond donors (Lipinski definition) is 0. The summed E-state index contributed by atoms with van der Waals surface area (Å²) in [6.45, 7) is 3.61. The van der Waals surface area contributed by atoms with E-state index in [9.17, 15) is 9.46 Å². The molecule has 0 aliphatic carbocycles. The molecule has 0 saturated carbocycles.